The summed E-state index contributed by atoms with van der Waals surface area (Å²) in [4.78, 5) is 0. The molecule has 0 amide bonds. The zero-order chi connectivity index (χ0) is 13.2. The fourth-order valence-electron chi connectivity index (χ4n) is 1.91. The molecule has 18 heavy (non-hydrogen) atoms. The van der Waals surface area contributed by atoms with Crippen LogP contribution in [0.1, 0.15) is 24.8 Å². The number of oxime groups is 1. The van der Waals surface area contributed by atoms with Gasteiger partial charge >= 0.3 is 0 Å². The van der Waals surface area contributed by atoms with Crippen molar-refractivity contribution in [3.05, 3.63) is 29.6 Å². The van der Waals surface area contributed by atoms with Crippen LogP contribution in [0, 0.1) is 18.2 Å². The number of rotatable bonds is 5. The number of halogens is 1. The third-order valence-corrected chi connectivity index (χ3v) is 3.32. The molecule has 2 rings (SSSR count). The van der Waals surface area contributed by atoms with Crippen molar-refractivity contribution in [1.82, 2.24) is 0 Å². The Kier molecular flexibility index (Phi) is 3.41. The Labute approximate surface area is 105 Å². The Hall–Kier alpha value is -1.78. The third kappa shape index (κ3) is 2.91. The van der Waals surface area contributed by atoms with Crippen molar-refractivity contribution >= 4 is 5.84 Å². The molecule has 1 aromatic rings. The van der Waals surface area contributed by atoms with Crippen LogP contribution in [0.25, 0.3) is 0 Å². The first-order valence-corrected chi connectivity index (χ1v) is 5.90. The predicted molar refractivity (Wildman–Crippen MR) is 66.3 cm³/mol. The number of aryl methyl sites for hydroxylation is 1. The van der Waals surface area contributed by atoms with E-state index in [0.29, 0.717) is 24.3 Å². The molecular weight excluding hydrogens is 235 g/mol. The summed E-state index contributed by atoms with van der Waals surface area (Å²) in [7, 11) is 0. The smallest absolute Gasteiger partial charge is 0.139 e. The average Bonchev–Trinajstić information content (AvgIpc) is 3.11. The SMILES string of the molecule is Cc1cc(OCC2(C/C(N)=N/O)CC2)ccc1F. The normalized spacial score (nSPS) is 17.6. The number of amidine groups is 1. The van der Waals surface area contributed by atoms with Gasteiger partial charge in [-0.3, -0.25) is 0 Å². The van der Waals surface area contributed by atoms with E-state index in [9.17, 15) is 4.39 Å². The van der Waals surface area contributed by atoms with Crippen LogP contribution >= 0.6 is 0 Å². The molecule has 0 saturated heterocycles. The highest BCUT2D eigenvalue weighted by atomic mass is 19.1. The van der Waals surface area contributed by atoms with Crippen LogP contribution in [-0.4, -0.2) is 17.6 Å². The molecule has 0 bridgehead atoms. The van der Waals surface area contributed by atoms with E-state index < -0.39 is 0 Å². The van der Waals surface area contributed by atoms with Crippen LogP contribution in [0.4, 0.5) is 4.39 Å². The summed E-state index contributed by atoms with van der Waals surface area (Å²) >= 11 is 0. The number of hydrogen-bond acceptors (Lipinski definition) is 3. The minimum absolute atomic E-state index is 0.0153. The number of nitrogens with two attached hydrogens (primary N) is 1. The summed E-state index contributed by atoms with van der Waals surface area (Å²) in [5.74, 6) is 0.645. The maximum absolute atomic E-state index is 13.1. The Balaban J connectivity index is 1.93. The van der Waals surface area contributed by atoms with Gasteiger partial charge in [0.1, 0.15) is 17.4 Å². The van der Waals surface area contributed by atoms with Gasteiger partial charge in [0.25, 0.3) is 0 Å². The van der Waals surface area contributed by atoms with Crippen LogP contribution in [0.2, 0.25) is 0 Å². The first kappa shape index (κ1) is 12.7. The zero-order valence-electron chi connectivity index (χ0n) is 10.3. The summed E-state index contributed by atoms with van der Waals surface area (Å²) in [6.07, 6.45) is 2.54. The fraction of sp³-hybridized carbons (Fsp3) is 0.462. The molecule has 3 N–H and O–H groups in total. The number of benzene rings is 1. The van der Waals surface area contributed by atoms with Crippen molar-refractivity contribution in [2.45, 2.75) is 26.2 Å². The molecule has 1 aliphatic carbocycles. The molecule has 0 radical (unpaired) electrons. The summed E-state index contributed by atoms with van der Waals surface area (Å²) in [5, 5.41) is 11.5. The number of hydrogen-bond donors (Lipinski definition) is 2. The van der Waals surface area contributed by atoms with E-state index >= 15 is 0 Å². The molecule has 1 aliphatic rings. The molecule has 1 saturated carbocycles. The van der Waals surface area contributed by atoms with E-state index in [-0.39, 0.29) is 17.1 Å². The Bertz CT molecular complexity index is 470. The minimum atomic E-state index is -0.236. The summed E-state index contributed by atoms with van der Waals surface area (Å²) in [6.45, 7) is 2.21. The molecule has 1 fully saturated rings. The van der Waals surface area contributed by atoms with Crippen molar-refractivity contribution in [3.63, 3.8) is 0 Å². The summed E-state index contributed by atoms with van der Waals surface area (Å²) < 4.78 is 18.7. The molecule has 4 nitrogen and oxygen atoms in total. The van der Waals surface area contributed by atoms with Gasteiger partial charge < -0.3 is 15.7 Å². The minimum Gasteiger partial charge on any atom is -0.493 e. The predicted octanol–water partition coefficient (Wildman–Crippen LogP) is 2.43. The van der Waals surface area contributed by atoms with Gasteiger partial charge in [0.15, 0.2) is 0 Å². The van der Waals surface area contributed by atoms with Gasteiger partial charge in [-0.25, -0.2) is 4.39 Å². The van der Waals surface area contributed by atoms with E-state index in [0.717, 1.165) is 12.8 Å². The maximum atomic E-state index is 13.1. The lowest BCUT2D eigenvalue weighted by Crippen LogP contribution is -2.22. The van der Waals surface area contributed by atoms with Gasteiger partial charge in [-0.2, -0.15) is 0 Å². The standard InChI is InChI=1S/C13H17FN2O2/c1-9-6-10(2-3-11(9)14)18-8-13(4-5-13)7-12(15)16-17/h2-3,6,17H,4-5,7-8H2,1H3,(H2,15,16). The van der Waals surface area contributed by atoms with Gasteiger partial charge in [0.2, 0.25) is 0 Å². The van der Waals surface area contributed by atoms with Crippen LogP contribution < -0.4 is 10.5 Å². The molecule has 5 heteroatoms. The van der Waals surface area contributed by atoms with Crippen molar-refractivity contribution in [2.75, 3.05) is 6.61 Å². The van der Waals surface area contributed by atoms with Crippen molar-refractivity contribution in [3.8, 4) is 5.75 Å². The number of nitrogens with zero attached hydrogens (tertiary/aromatic N) is 1. The van der Waals surface area contributed by atoms with E-state index in [1.165, 1.54) is 6.07 Å². The van der Waals surface area contributed by atoms with Crippen LogP contribution in [-0.2, 0) is 0 Å². The van der Waals surface area contributed by atoms with Gasteiger partial charge in [-0.1, -0.05) is 5.16 Å². The fourth-order valence-corrected chi connectivity index (χ4v) is 1.91. The Morgan fingerprint density at radius 2 is 2.28 bits per heavy atom. The summed E-state index contributed by atoms with van der Waals surface area (Å²) in [5.41, 5.74) is 6.06. The monoisotopic (exact) mass is 252 g/mol. The maximum Gasteiger partial charge on any atom is 0.139 e. The second-order valence-electron chi connectivity index (χ2n) is 4.97. The van der Waals surface area contributed by atoms with E-state index in [4.69, 9.17) is 15.7 Å². The molecule has 98 valence electrons. The number of ether oxygens (including phenoxy) is 1. The highest BCUT2D eigenvalue weighted by Gasteiger charge is 2.44. The Morgan fingerprint density at radius 1 is 1.56 bits per heavy atom. The molecule has 0 aliphatic heterocycles. The molecule has 0 unspecified atom stereocenters. The average molecular weight is 252 g/mol. The lowest BCUT2D eigenvalue weighted by atomic mass is 10.0. The molecule has 0 atom stereocenters. The Morgan fingerprint density at radius 3 is 2.83 bits per heavy atom. The van der Waals surface area contributed by atoms with Crippen molar-refractivity contribution in [1.29, 1.82) is 0 Å². The first-order valence-electron chi connectivity index (χ1n) is 5.90. The van der Waals surface area contributed by atoms with E-state index in [1.807, 2.05) is 0 Å². The lowest BCUT2D eigenvalue weighted by Gasteiger charge is -2.15. The van der Waals surface area contributed by atoms with Crippen LogP contribution in [0.3, 0.4) is 0 Å². The second kappa shape index (κ2) is 4.84. The molecular formula is C13H17FN2O2. The summed E-state index contributed by atoms with van der Waals surface area (Å²) in [6, 6.07) is 4.69. The van der Waals surface area contributed by atoms with E-state index in [1.54, 1.807) is 19.1 Å². The van der Waals surface area contributed by atoms with Gasteiger partial charge in [-0.05, 0) is 43.5 Å². The highest BCUT2D eigenvalue weighted by Crippen LogP contribution is 2.49. The van der Waals surface area contributed by atoms with Gasteiger partial charge in [0.05, 0.1) is 6.61 Å². The van der Waals surface area contributed by atoms with E-state index in [2.05, 4.69) is 5.16 Å². The molecule has 1 aromatic carbocycles. The van der Waals surface area contributed by atoms with Gasteiger partial charge in [0, 0.05) is 11.8 Å². The van der Waals surface area contributed by atoms with Gasteiger partial charge in [-0.15, -0.1) is 0 Å². The van der Waals surface area contributed by atoms with Crippen molar-refractivity contribution < 1.29 is 14.3 Å². The second-order valence-corrected chi connectivity index (χ2v) is 4.97. The third-order valence-electron chi connectivity index (χ3n) is 3.32. The topological polar surface area (TPSA) is 67.8 Å². The molecule has 0 spiro atoms. The molecule has 0 heterocycles. The highest BCUT2D eigenvalue weighted by molar-refractivity contribution is 5.80. The first-order chi connectivity index (χ1) is 8.54. The van der Waals surface area contributed by atoms with Crippen LogP contribution in [0.15, 0.2) is 23.4 Å². The largest absolute Gasteiger partial charge is 0.493 e. The van der Waals surface area contributed by atoms with Crippen LogP contribution in [0.5, 0.6) is 5.75 Å². The lowest BCUT2D eigenvalue weighted by molar-refractivity contribution is 0.236. The quantitative estimate of drug-likeness (QED) is 0.366. The van der Waals surface area contributed by atoms with Crippen molar-refractivity contribution in [2.24, 2.45) is 16.3 Å². The zero-order valence-corrected chi connectivity index (χ0v) is 10.3. The molecule has 0 aromatic heterocycles.